The molecule has 1 rings (SSSR count). The Hall–Kier alpha value is -2.05. The zero-order valence-corrected chi connectivity index (χ0v) is 17.0. The molecule has 0 aromatic heterocycles. The number of nitrogens with zero attached hydrogens (tertiary/aromatic N) is 1. The Morgan fingerprint density at radius 3 is 2.08 bits per heavy atom. The summed E-state index contributed by atoms with van der Waals surface area (Å²) in [7, 11) is 0. The van der Waals surface area contributed by atoms with E-state index < -0.39 is 29.2 Å². The van der Waals surface area contributed by atoms with Crippen LogP contribution in [0, 0.1) is 0 Å². The van der Waals surface area contributed by atoms with Crippen LogP contribution < -0.4 is 0 Å². The van der Waals surface area contributed by atoms with Gasteiger partial charge in [-0.2, -0.15) is 0 Å². The van der Waals surface area contributed by atoms with E-state index in [4.69, 9.17) is 14.2 Å². The molecule has 1 aliphatic rings. The number of rotatable bonds is 4. The lowest BCUT2D eigenvalue weighted by Crippen LogP contribution is -2.56. The van der Waals surface area contributed by atoms with E-state index in [1.54, 1.807) is 55.4 Å². The average molecular weight is 369 g/mol. The maximum absolute atomic E-state index is 12.7. The molecule has 0 fully saturated rings. The van der Waals surface area contributed by atoms with Crippen molar-refractivity contribution in [2.75, 3.05) is 0 Å². The van der Waals surface area contributed by atoms with Crippen molar-refractivity contribution in [3.05, 3.63) is 11.8 Å². The first kappa shape index (κ1) is 22.0. The highest BCUT2D eigenvalue weighted by atomic mass is 16.6. The number of ether oxygens (including phenoxy) is 3. The summed E-state index contributed by atoms with van der Waals surface area (Å²) < 4.78 is 16.0. The van der Waals surface area contributed by atoms with Crippen LogP contribution in [0.5, 0.6) is 0 Å². The SMILES string of the molecule is CC(C)OC(=O)C1=CN(C(=O)OC(C)(C)C)[C@](C)(C(=O)OC(C)C)CC1. The van der Waals surface area contributed by atoms with Crippen LogP contribution in [0.3, 0.4) is 0 Å². The van der Waals surface area contributed by atoms with Crippen LogP contribution in [0.2, 0.25) is 0 Å². The third-order valence-electron chi connectivity index (χ3n) is 3.68. The van der Waals surface area contributed by atoms with Crippen LogP contribution >= 0.6 is 0 Å². The minimum absolute atomic E-state index is 0.233. The quantitative estimate of drug-likeness (QED) is 0.557. The first-order valence-electron chi connectivity index (χ1n) is 8.91. The molecule has 0 aromatic rings. The summed E-state index contributed by atoms with van der Waals surface area (Å²) in [5.74, 6) is -1.04. The van der Waals surface area contributed by atoms with Crippen molar-refractivity contribution in [2.24, 2.45) is 0 Å². The highest BCUT2D eigenvalue weighted by molar-refractivity contribution is 5.92. The van der Waals surface area contributed by atoms with Crippen molar-refractivity contribution in [3.63, 3.8) is 0 Å². The molecule has 0 aliphatic carbocycles. The summed E-state index contributed by atoms with van der Waals surface area (Å²) in [4.78, 5) is 38.7. The highest BCUT2D eigenvalue weighted by Gasteiger charge is 2.47. The van der Waals surface area contributed by atoms with Gasteiger partial charge in [0.15, 0.2) is 0 Å². The number of carbonyl (C=O) groups is 3. The molecule has 0 spiro atoms. The molecular formula is C19H31NO6. The summed E-state index contributed by atoms with van der Waals surface area (Å²) in [5.41, 5.74) is -1.68. The van der Waals surface area contributed by atoms with E-state index in [-0.39, 0.29) is 18.6 Å². The average Bonchev–Trinajstić information content (AvgIpc) is 2.44. The largest absolute Gasteiger partial charge is 0.461 e. The molecule has 0 bridgehead atoms. The van der Waals surface area contributed by atoms with Gasteiger partial charge in [-0.15, -0.1) is 0 Å². The third-order valence-corrected chi connectivity index (χ3v) is 3.68. The molecule has 1 atom stereocenters. The Morgan fingerprint density at radius 2 is 1.62 bits per heavy atom. The second kappa shape index (κ2) is 8.10. The van der Waals surface area contributed by atoms with Crippen LogP contribution in [0.4, 0.5) is 4.79 Å². The molecule has 0 aromatic carbocycles. The molecule has 7 heteroatoms. The number of hydrogen-bond donors (Lipinski definition) is 0. The third kappa shape index (κ3) is 5.75. The second-order valence-corrected chi connectivity index (χ2v) is 8.19. The fourth-order valence-electron chi connectivity index (χ4n) is 2.41. The number of amides is 1. The lowest BCUT2D eigenvalue weighted by Gasteiger charge is -2.41. The first-order chi connectivity index (χ1) is 11.8. The Bertz CT molecular complexity index is 587. The number of carbonyl (C=O) groups excluding carboxylic acids is 3. The Balaban J connectivity index is 3.23. The van der Waals surface area contributed by atoms with E-state index in [9.17, 15) is 14.4 Å². The molecule has 1 amide bonds. The van der Waals surface area contributed by atoms with E-state index in [0.29, 0.717) is 12.0 Å². The van der Waals surface area contributed by atoms with Crippen molar-refractivity contribution in [2.45, 2.75) is 91.6 Å². The summed E-state index contributed by atoms with van der Waals surface area (Å²) in [6, 6.07) is 0. The summed E-state index contributed by atoms with van der Waals surface area (Å²) in [6.45, 7) is 13.8. The second-order valence-electron chi connectivity index (χ2n) is 8.19. The summed E-state index contributed by atoms with van der Waals surface area (Å²) in [6.07, 6.45) is 0.568. The van der Waals surface area contributed by atoms with Gasteiger partial charge in [0.05, 0.1) is 17.8 Å². The zero-order chi connectivity index (χ0) is 20.3. The predicted octanol–water partition coefficient (Wildman–Crippen LogP) is 3.56. The maximum Gasteiger partial charge on any atom is 0.415 e. The van der Waals surface area contributed by atoms with E-state index >= 15 is 0 Å². The van der Waals surface area contributed by atoms with Gasteiger partial charge in [0.1, 0.15) is 11.1 Å². The molecule has 0 saturated heterocycles. The zero-order valence-electron chi connectivity index (χ0n) is 17.0. The van der Waals surface area contributed by atoms with Gasteiger partial charge in [-0.1, -0.05) is 0 Å². The molecule has 0 unspecified atom stereocenters. The first-order valence-corrected chi connectivity index (χ1v) is 8.91. The van der Waals surface area contributed by atoms with Gasteiger partial charge in [0.2, 0.25) is 0 Å². The minimum atomic E-state index is -1.26. The van der Waals surface area contributed by atoms with Crippen molar-refractivity contribution in [1.82, 2.24) is 4.90 Å². The van der Waals surface area contributed by atoms with Gasteiger partial charge >= 0.3 is 18.0 Å². The standard InChI is InChI=1S/C19H31NO6/c1-12(2)24-15(21)14-9-10-19(8,16(22)25-13(3)4)20(11-14)17(23)26-18(5,6)7/h11-13H,9-10H2,1-8H3/t19-/m0/s1. The fourth-order valence-corrected chi connectivity index (χ4v) is 2.41. The Morgan fingerprint density at radius 1 is 1.08 bits per heavy atom. The Kier molecular flexibility index (Phi) is 6.85. The van der Waals surface area contributed by atoms with Crippen molar-refractivity contribution in [1.29, 1.82) is 0 Å². The molecule has 0 N–H and O–H groups in total. The molecule has 26 heavy (non-hydrogen) atoms. The lowest BCUT2D eigenvalue weighted by molar-refractivity contribution is -0.161. The van der Waals surface area contributed by atoms with E-state index in [0.717, 1.165) is 4.90 Å². The smallest absolute Gasteiger partial charge is 0.415 e. The van der Waals surface area contributed by atoms with Crippen molar-refractivity contribution >= 4 is 18.0 Å². The van der Waals surface area contributed by atoms with Crippen LogP contribution in [0.25, 0.3) is 0 Å². The van der Waals surface area contributed by atoms with Gasteiger partial charge in [-0.25, -0.2) is 14.4 Å². The number of esters is 2. The maximum atomic E-state index is 12.7. The van der Waals surface area contributed by atoms with Gasteiger partial charge in [-0.05, 0) is 68.2 Å². The molecule has 1 aliphatic heterocycles. The Labute approximate surface area is 155 Å². The topological polar surface area (TPSA) is 82.1 Å². The van der Waals surface area contributed by atoms with Gasteiger partial charge in [0, 0.05) is 6.20 Å². The monoisotopic (exact) mass is 369 g/mol. The highest BCUT2D eigenvalue weighted by Crippen LogP contribution is 2.33. The van der Waals surface area contributed by atoms with Crippen LogP contribution in [-0.2, 0) is 23.8 Å². The van der Waals surface area contributed by atoms with E-state index in [2.05, 4.69) is 0 Å². The molecule has 0 saturated carbocycles. The fraction of sp³-hybridized carbons (Fsp3) is 0.737. The molecule has 1 heterocycles. The number of hydrogen-bond acceptors (Lipinski definition) is 6. The van der Waals surface area contributed by atoms with Crippen molar-refractivity contribution < 1.29 is 28.6 Å². The molecular weight excluding hydrogens is 338 g/mol. The summed E-state index contributed by atoms with van der Waals surface area (Å²) in [5, 5.41) is 0. The van der Waals surface area contributed by atoms with Crippen LogP contribution in [-0.4, -0.2) is 46.3 Å². The van der Waals surface area contributed by atoms with Crippen molar-refractivity contribution in [3.8, 4) is 0 Å². The summed E-state index contributed by atoms with van der Waals surface area (Å²) >= 11 is 0. The van der Waals surface area contributed by atoms with Crippen LogP contribution in [0.15, 0.2) is 11.8 Å². The minimum Gasteiger partial charge on any atom is -0.461 e. The van der Waals surface area contributed by atoms with Gasteiger partial charge < -0.3 is 14.2 Å². The lowest BCUT2D eigenvalue weighted by atomic mass is 9.88. The molecule has 7 nitrogen and oxygen atoms in total. The van der Waals surface area contributed by atoms with E-state index in [1.165, 1.54) is 6.20 Å². The molecule has 148 valence electrons. The van der Waals surface area contributed by atoms with Gasteiger partial charge in [0.25, 0.3) is 0 Å². The predicted molar refractivity (Wildman–Crippen MR) is 96.3 cm³/mol. The van der Waals surface area contributed by atoms with E-state index in [1.807, 2.05) is 0 Å². The van der Waals surface area contributed by atoms with Gasteiger partial charge in [-0.3, -0.25) is 4.90 Å². The normalized spacial score (nSPS) is 20.7. The molecule has 0 radical (unpaired) electrons. The van der Waals surface area contributed by atoms with Crippen LogP contribution in [0.1, 0.15) is 68.2 Å².